The summed E-state index contributed by atoms with van der Waals surface area (Å²) in [6.07, 6.45) is 3.68. The van der Waals surface area contributed by atoms with Crippen molar-refractivity contribution in [2.45, 2.75) is 0 Å². The van der Waals surface area contributed by atoms with Crippen molar-refractivity contribution in [1.82, 2.24) is 9.97 Å². The smallest absolute Gasteiger partial charge is 0.259 e. The predicted octanol–water partition coefficient (Wildman–Crippen LogP) is 3.10. The maximum absolute atomic E-state index is 11.9. The first-order valence-electron chi connectivity index (χ1n) is 6.57. The molecule has 0 radical (unpaired) electrons. The number of rotatable bonds is 3. The lowest BCUT2D eigenvalue weighted by Gasteiger charge is -2.00. The molecule has 21 heavy (non-hydrogen) atoms. The standard InChI is InChI=1S/C17H14N2O2/c1-21-13-9-6-12(7-10-13)8-11-16-18-15-5-3-2-4-14(15)17(20)19-16/h2-11H,1H3,(H,18,19,20)/b11-8-. The number of nitrogens with one attached hydrogen (secondary N) is 1. The first-order valence-corrected chi connectivity index (χ1v) is 6.57. The number of hydrogen-bond donors (Lipinski definition) is 1. The molecule has 3 aromatic rings. The highest BCUT2D eigenvalue weighted by Crippen LogP contribution is 2.13. The fourth-order valence-electron chi connectivity index (χ4n) is 2.07. The van der Waals surface area contributed by atoms with Crippen LogP contribution in [0.4, 0.5) is 0 Å². The molecule has 4 nitrogen and oxygen atoms in total. The van der Waals surface area contributed by atoms with Gasteiger partial charge in [0.05, 0.1) is 18.0 Å². The second-order valence-corrected chi connectivity index (χ2v) is 4.57. The third kappa shape index (κ3) is 2.84. The second kappa shape index (κ2) is 5.63. The molecular weight excluding hydrogens is 264 g/mol. The summed E-state index contributed by atoms with van der Waals surface area (Å²) in [5.41, 5.74) is 1.57. The van der Waals surface area contributed by atoms with E-state index in [0.717, 1.165) is 11.3 Å². The van der Waals surface area contributed by atoms with Crippen LogP contribution in [-0.2, 0) is 0 Å². The molecule has 4 heteroatoms. The van der Waals surface area contributed by atoms with Gasteiger partial charge in [-0.15, -0.1) is 0 Å². The van der Waals surface area contributed by atoms with Gasteiger partial charge >= 0.3 is 0 Å². The van der Waals surface area contributed by atoms with Gasteiger partial charge in [0.2, 0.25) is 0 Å². The van der Waals surface area contributed by atoms with Crippen LogP contribution in [0.15, 0.2) is 53.3 Å². The van der Waals surface area contributed by atoms with Crippen molar-refractivity contribution >= 4 is 23.1 Å². The molecule has 3 rings (SSSR count). The molecular formula is C17H14N2O2. The average Bonchev–Trinajstić information content (AvgIpc) is 2.53. The summed E-state index contributed by atoms with van der Waals surface area (Å²) in [5.74, 6) is 1.35. The van der Waals surface area contributed by atoms with E-state index in [9.17, 15) is 4.79 Å². The lowest BCUT2D eigenvalue weighted by atomic mass is 10.2. The van der Waals surface area contributed by atoms with Crippen LogP contribution in [0, 0.1) is 0 Å². The van der Waals surface area contributed by atoms with Crippen LogP contribution in [0.1, 0.15) is 11.4 Å². The monoisotopic (exact) mass is 278 g/mol. The van der Waals surface area contributed by atoms with E-state index in [-0.39, 0.29) is 5.56 Å². The lowest BCUT2D eigenvalue weighted by molar-refractivity contribution is 0.415. The number of benzene rings is 2. The Morgan fingerprint density at radius 2 is 1.81 bits per heavy atom. The van der Waals surface area contributed by atoms with Crippen molar-refractivity contribution in [1.29, 1.82) is 0 Å². The molecule has 0 saturated heterocycles. The molecule has 0 atom stereocenters. The highest BCUT2D eigenvalue weighted by Gasteiger charge is 2.00. The molecule has 1 N–H and O–H groups in total. The van der Waals surface area contributed by atoms with Gasteiger partial charge in [-0.2, -0.15) is 0 Å². The molecule has 104 valence electrons. The summed E-state index contributed by atoms with van der Waals surface area (Å²) in [5, 5.41) is 0.596. The van der Waals surface area contributed by atoms with Crippen LogP contribution >= 0.6 is 0 Å². The van der Waals surface area contributed by atoms with Gasteiger partial charge in [0.25, 0.3) is 5.56 Å². The molecule has 1 aromatic heterocycles. The van der Waals surface area contributed by atoms with E-state index in [1.807, 2.05) is 48.5 Å². The van der Waals surface area contributed by atoms with E-state index in [1.165, 1.54) is 0 Å². The van der Waals surface area contributed by atoms with Gasteiger partial charge in [0.1, 0.15) is 11.6 Å². The Kier molecular flexibility index (Phi) is 3.51. The number of methoxy groups -OCH3 is 1. The van der Waals surface area contributed by atoms with E-state index >= 15 is 0 Å². The van der Waals surface area contributed by atoms with Crippen molar-refractivity contribution in [3.63, 3.8) is 0 Å². The largest absolute Gasteiger partial charge is 0.497 e. The molecule has 0 aliphatic heterocycles. The topological polar surface area (TPSA) is 55.0 Å². The van der Waals surface area contributed by atoms with Crippen LogP contribution in [0.3, 0.4) is 0 Å². The Morgan fingerprint density at radius 3 is 2.57 bits per heavy atom. The van der Waals surface area contributed by atoms with Gasteiger partial charge in [-0.1, -0.05) is 30.3 Å². The fourth-order valence-corrected chi connectivity index (χ4v) is 2.07. The number of H-pyrrole nitrogens is 1. The Bertz CT molecular complexity index is 849. The van der Waals surface area contributed by atoms with Crippen molar-refractivity contribution in [2.24, 2.45) is 0 Å². The normalized spacial score (nSPS) is 11.1. The number of para-hydroxylation sites is 1. The summed E-state index contributed by atoms with van der Waals surface area (Å²) < 4.78 is 5.11. The third-order valence-corrected chi connectivity index (χ3v) is 3.18. The molecule has 0 aliphatic carbocycles. The van der Waals surface area contributed by atoms with Gasteiger partial charge in [0, 0.05) is 0 Å². The molecule has 0 amide bonds. The van der Waals surface area contributed by atoms with Crippen LogP contribution in [0.25, 0.3) is 23.1 Å². The number of aromatic nitrogens is 2. The number of aromatic amines is 1. The molecule has 0 fully saturated rings. The molecule has 0 aliphatic rings. The first-order chi connectivity index (χ1) is 10.3. The summed E-state index contributed by atoms with van der Waals surface area (Å²) in [7, 11) is 1.63. The number of nitrogens with zero attached hydrogens (tertiary/aromatic N) is 1. The van der Waals surface area contributed by atoms with Gasteiger partial charge in [-0.05, 0) is 35.9 Å². The van der Waals surface area contributed by atoms with Crippen LogP contribution in [-0.4, -0.2) is 17.1 Å². The van der Waals surface area contributed by atoms with Crippen LogP contribution in [0.2, 0.25) is 0 Å². The zero-order valence-corrected chi connectivity index (χ0v) is 11.5. The molecule has 0 spiro atoms. The SMILES string of the molecule is COc1ccc(/C=C\c2nc3ccccc3c(=O)[nH]2)cc1. The molecule has 0 saturated carbocycles. The summed E-state index contributed by atoms with van der Waals surface area (Å²) in [6.45, 7) is 0. The fraction of sp³-hybridized carbons (Fsp3) is 0.0588. The number of ether oxygens (including phenoxy) is 1. The predicted molar refractivity (Wildman–Crippen MR) is 84.3 cm³/mol. The van der Waals surface area contributed by atoms with Crippen molar-refractivity contribution < 1.29 is 4.74 Å². The first kappa shape index (κ1) is 13.1. The summed E-state index contributed by atoms with van der Waals surface area (Å²) in [6, 6.07) is 14.9. The van der Waals surface area contributed by atoms with Crippen LogP contribution < -0.4 is 10.3 Å². The summed E-state index contributed by atoms with van der Waals surface area (Å²) in [4.78, 5) is 19.1. The second-order valence-electron chi connectivity index (χ2n) is 4.57. The van der Waals surface area contributed by atoms with E-state index < -0.39 is 0 Å². The Labute approximate surface area is 121 Å². The van der Waals surface area contributed by atoms with E-state index in [4.69, 9.17) is 4.74 Å². The Balaban J connectivity index is 1.93. The molecule has 0 bridgehead atoms. The Morgan fingerprint density at radius 1 is 1.05 bits per heavy atom. The van der Waals surface area contributed by atoms with Gasteiger partial charge in [0.15, 0.2) is 0 Å². The molecule has 2 aromatic carbocycles. The summed E-state index contributed by atoms with van der Waals surface area (Å²) >= 11 is 0. The Hall–Kier alpha value is -2.88. The minimum Gasteiger partial charge on any atom is -0.497 e. The van der Waals surface area contributed by atoms with Crippen LogP contribution in [0.5, 0.6) is 5.75 Å². The van der Waals surface area contributed by atoms with E-state index in [1.54, 1.807) is 19.3 Å². The van der Waals surface area contributed by atoms with Crippen molar-refractivity contribution in [2.75, 3.05) is 7.11 Å². The zero-order chi connectivity index (χ0) is 14.7. The van der Waals surface area contributed by atoms with Gasteiger partial charge in [-0.3, -0.25) is 4.79 Å². The highest BCUT2D eigenvalue weighted by molar-refractivity contribution is 5.78. The number of hydrogen-bond acceptors (Lipinski definition) is 3. The molecule has 1 heterocycles. The zero-order valence-electron chi connectivity index (χ0n) is 11.5. The lowest BCUT2D eigenvalue weighted by Crippen LogP contribution is -2.09. The van der Waals surface area contributed by atoms with Crippen molar-refractivity contribution in [3.8, 4) is 5.75 Å². The highest BCUT2D eigenvalue weighted by atomic mass is 16.5. The minimum absolute atomic E-state index is 0.130. The molecule has 0 unspecified atom stereocenters. The van der Waals surface area contributed by atoms with Gasteiger partial charge in [-0.25, -0.2) is 4.98 Å². The van der Waals surface area contributed by atoms with Gasteiger partial charge < -0.3 is 9.72 Å². The van der Waals surface area contributed by atoms with E-state index in [2.05, 4.69) is 9.97 Å². The quantitative estimate of drug-likeness (QED) is 0.801. The van der Waals surface area contributed by atoms with Crippen molar-refractivity contribution in [3.05, 3.63) is 70.3 Å². The third-order valence-electron chi connectivity index (χ3n) is 3.18. The minimum atomic E-state index is -0.130. The maximum Gasteiger partial charge on any atom is 0.259 e. The van der Waals surface area contributed by atoms with E-state index in [0.29, 0.717) is 16.7 Å². The number of fused-ring (bicyclic) bond motifs is 1. The maximum atomic E-state index is 11.9. The average molecular weight is 278 g/mol.